The van der Waals surface area contributed by atoms with Crippen molar-refractivity contribution in [3.05, 3.63) is 53.1 Å². The first-order valence-corrected chi connectivity index (χ1v) is 10.2. The average molecular weight is 409 g/mol. The monoisotopic (exact) mass is 409 g/mol. The molecule has 2 heterocycles. The fourth-order valence-electron chi connectivity index (χ4n) is 4.05. The summed E-state index contributed by atoms with van der Waals surface area (Å²) in [7, 11) is 3.33. The minimum atomic E-state index is 0.0327. The molecule has 2 aromatic carbocycles. The summed E-state index contributed by atoms with van der Waals surface area (Å²) in [5.74, 6) is 1.73. The number of fused-ring (bicyclic) bond motifs is 1. The summed E-state index contributed by atoms with van der Waals surface area (Å²) in [6, 6.07) is 11.4. The molecule has 0 radical (unpaired) electrons. The Balaban J connectivity index is 1.38. The van der Waals surface area contributed by atoms with E-state index in [1.165, 1.54) is 0 Å². The fourth-order valence-corrected chi connectivity index (χ4v) is 4.05. The molecular formula is C23H27N3O4. The van der Waals surface area contributed by atoms with Crippen molar-refractivity contribution in [1.29, 1.82) is 0 Å². The van der Waals surface area contributed by atoms with E-state index in [0.717, 1.165) is 47.9 Å². The Morgan fingerprint density at radius 3 is 2.53 bits per heavy atom. The molecule has 0 spiro atoms. The van der Waals surface area contributed by atoms with Gasteiger partial charge in [0.25, 0.3) is 5.91 Å². The summed E-state index contributed by atoms with van der Waals surface area (Å²) >= 11 is 0. The van der Waals surface area contributed by atoms with Gasteiger partial charge in [0, 0.05) is 56.0 Å². The molecule has 0 saturated carbocycles. The first kappa shape index (κ1) is 20.2. The SMILES string of the molecule is COc1ccc(OC)c(CN2CCN(C(=O)c3ccc4c(c3)CCC(=O)N4)CC2)c1. The van der Waals surface area contributed by atoms with Gasteiger partial charge >= 0.3 is 0 Å². The van der Waals surface area contributed by atoms with E-state index in [1.54, 1.807) is 20.3 Å². The van der Waals surface area contributed by atoms with Crippen molar-refractivity contribution in [2.45, 2.75) is 19.4 Å². The maximum atomic E-state index is 13.0. The van der Waals surface area contributed by atoms with Gasteiger partial charge in [0.1, 0.15) is 11.5 Å². The minimum absolute atomic E-state index is 0.0327. The molecule has 2 aliphatic rings. The molecule has 0 bridgehead atoms. The number of hydrogen-bond donors (Lipinski definition) is 1. The van der Waals surface area contributed by atoms with Crippen molar-refractivity contribution < 1.29 is 19.1 Å². The molecular weight excluding hydrogens is 382 g/mol. The molecule has 0 unspecified atom stereocenters. The highest BCUT2D eigenvalue weighted by molar-refractivity contribution is 5.98. The number of aryl methyl sites for hydroxylation is 1. The van der Waals surface area contributed by atoms with Crippen LogP contribution in [0.3, 0.4) is 0 Å². The molecule has 0 aromatic heterocycles. The van der Waals surface area contributed by atoms with E-state index in [9.17, 15) is 9.59 Å². The van der Waals surface area contributed by atoms with Crippen LogP contribution in [0.25, 0.3) is 0 Å². The number of methoxy groups -OCH3 is 2. The molecule has 7 nitrogen and oxygen atoms in total. The lowest BCUT2D eigenvalue weighted by atomic mass is 10.00. The number of carbonyl (C=O) groups is 2. The van der Waals surface area contributed by atoms with Crippen LogP contribution in [0.4, 0.5) is 5.69 Å². The minimum Gasteiger partial charge on any atom is -0.497 e. The lowest BCUT2D eigenvalue weighted by Gasteiger charge is -2.35. The van der Waals surface area contributed by atoms with Gasteiger partial charge in [0.15, 0.2) is 0 Å². The predicted octanol–water partition coefficient (Wildman–Crippen LogP) is 2.55. The Kier molecular flexibility index (Phi) is 5.90. The standard InChI is InChI=1S/C23H27N3O4/c1-29-19-5-7-21(30-2)18(14-19)15-25-9-11-26(12-10-25)23(28)17-3-6-20-16(13-17)4-8-22(27)24-20/h3,5-7,13-14H,4,8-12,15H2,1-2H3,(H,24,27). The van der Waals surface area contributed by atoms with Crippen LogP contribution >= 0.6 is 0 Å². The normalized spacial score (nSPS) is 16.6. The Morgan fingerprint density at radius 1 is 1.00 bits per heavy atom. The Hall–Kier alpha value is -3.06. The highest BCUT2D eigenvalue weighted by Gasteiger charge is 2.24. The number of ether oxygens (including phenoxy) is 2. The summed E-state index contributed by atoms with van der Waals surface area (Å²) in [6.07, 6.45) is 1.15. The maximum absolute atomic E-state index is 13.0. The molecule has 1 saturated heterocycles. The van der Waals surface area contributed by atoms with Crippen LogP contribution in [-0.2, 0) is 17.8 Å². The van der Waals surface area contributed by atoms with Gasteiger partial charge in [0.05, 0.1) is 14.2 Å². The largest absolute Gasteiger partial charge is 0.497 e. The van der Waals surface area contributed by atoms with E-state index in [2.05, 4.69) is 10.2 Å². The summed E-state index contributed by atoms with van der Waals surface area (Å²) in [5.41, 5.74) is 3.62. The summed E-state index contributed by atoms with van der Waals surface area (Å²) in [6.45, 7) is 3.71. The van der Waals surface area contributed by atoms with Crippen molar-refractivity contribution in [3.63, 3.8) is 0 Å². The molecule has 0 atom stereocenters. The van der Waals surface area contributed by atoms with Crippen molar-refractivity contribution >= 4 is 17.5 Å². The lowest BCUT2D eigenvalue weighted by Crippen LogP contribution is -2.48. The number of amides is 2. The number of hydrogen-bond acceptors (Lipinski definition) is 5. The molecule has 0 aliphatic carbocycles. The van der Waals surface area contributed by atoms with Gasteiger partial charge in [-0.25, -0.2) is 0 Å². The van der Waals surface area contributed by atoms with Crippen LogP contribution in [-0.4, -0.2) is 62.0 Å². The van der Waals surface area contributed by atoms with E-state index >= 15 is 0 Å². The molecule has 2 amide bonds. The van der Waals surface area contributed by atoms with Gasteiger partial charge in [-0.2, -0.15) is 0 Å². The fraction of sp³-hybridized carbons (Fsp3) is 0.391. The van der Waals surface area contributed by atoms with Crippen molar-refractivity contribution in [2.24, 2.45) is 0 Å². The Bertz CT molecular complexity index is 951. The van der Waals surface area contributed by atoms with Crippen LogP contribution in [0.5, 0.6) is 11.5 Å². The van der Waals surface area contributed by atoms with E-state index < -0.39 is 0 Å². The summed E-state index contributed by atoms with van der Waals surface area (Å²) in [4.78, 5) is 28.7. The smallest absolute Gasteiger partial charge is 0.253 e. The second-order valence-corrected chi connectivity index (χ2v) is 7.67. The van der Waals surface area contributed by atoms with Crippen LogP contribution in [0.1, 0.15) is 27.9 Å². The van der Waals surface area contributed by atoms with Gasteiger partial charge < -0.3 is 19.7 Å². The van der Waals surface area contributed by atoms with Gasteiger partial charge in [-0.3, -0.25) is 14.5 Å². The number of anilines is 1. The number of benzene rings is 2. The molecule has 4 rings (SSSR count). The summed E-state index contributed by atoms with van der Waals surface area (Å²) < 4.78 is 10.8. The van der Waals surface area contributed by atoms with Gasteiger partial charge in [-0.15, -0.1) is 0 Å². The van der Waals surface area contributed by atoms with Crippen molar-refractivity contribution in [1.82, 2.24) is 9.80 Å². The molecule has 7 heteroatoms. The zero-order chi connectivity index (χ0) is 21.1. The Morgan fingerprint density at radius 2 is 1.80 bits per heavy atom. The second-order valence-electron chi connectivity index (χ2n) is 7.67. The number of piperazine rings is 1. The second kappa shape index (κ2) is 8.75. The summed E-state index contributed by atoms with van der Waals surface area (Å²) in [5, 5.41) is 2.86. The van der Waals surface area contributed by atoms with Gasteiger partial charge in [-0.1, -0.05) is 0 Å². The van der Waals surface area contributed by atoms with Gasteiger partial charge in [-0.05, 0) is 48.4 Å². The number of carbonyl (C=O) groups excluding carboxylic acids is 2. The number of nitrogens with one attached hydrogen (secondary N) is 1. The van der Waals surface area contributed by atoms with Crippen LogP contribution in [0, 0.1) is 0 Å². The molecule has 30 heavy (non-hydrogen) atoms. The first-order chi connectivity index (χ1) is 14.6. The topological polar surface area (TPSA) is 71.1 Å². The third kappa shape index (κ3) is 4.26. The lowest BCUT2D eigenvalue weighted by molar-refractivity contribution is -0.116. The quantitative estimate of drug-likeness (QED) is 0.822. The predicted molar refractivity (Wildman–Crippen MR) is 114 cm³/mol. The van der Waals surface area contributed by atoms with Crippen molar-refractivity contribution in [3.8, 4) is 11.5 Å². The number of rotatable bonds is 5. The molecule has 158 valence electrons. The first-order valence-electron chi connectivity index (χ1n) is 10.2. The third-order valence-electron chi connectivity index (χ3n) is 5.79. The Labute approximate surface area is 176 Å². The molecule has 2 aromatic rings. The zero-order valence-electron chi connectivity index (χ0n) is 17.4. The van der Waals surface area contributed by atoms with Gasteiger partial charge in [0.2, 0.25) is 5.91 Å². The zero-order valence-corrected chi connectivity index (χ0v) is 17.4. The van der Waals surface area contributed by atoms with Crippen LogP contribution in [0.2, 0.25) is 0 Å². The molecule has 2 aliphatic heterocycles. The molecule has 1 fully saturated rings. The van der Waals surface area contributed by atoms with E-state index in [0.29, 0.717) is 31.5 Å². The van der Waals surface area contributed by atoms with E-state index in [1.807, 2.05) is 35.2 Å². The maximum Gasteiger partial charge on any atom is 0.253 e. The highest BCUT2D eigenvalue weighted by Crippen LogP contribution is 2.27. The van der Waals surface area contributed by atoms with E-state index in [4.69, 9.17) is 9.47 Å². The third-order valence-corrected chi connectivity index (χ3v) is 5.79. The van der Waals surface area contributed by atoms with Crippen LogP contribution < -0.4 is 14.8 Å². The highest BCUT2D eigenvalue weighted by atomic mass is 16.5. The van der Waals surface area contributed by atoms with Crippen LogP contribution in [0.15, 0.2) is 36.4 Å². The van der Waals surface area contributed by atoms with E-state index in [-0.39, 0.29) is 11.8 Å². The average Bonchev–Trinajstić information content (AvgIpc) is 2.78. The molecule has 1 N–H and O–H groups in total. The van der Waals surface area contributed by atoms with Crippen molar-refractivity contribution in [2.75, 3.05) is 45.7 Å². The number of nitrogens with zero attached hydrogens (tertiary/aromatic N) is 2.